The number of amides is 1. The number of carbonyl (C=O) groups excluding carboxylic acids is 1. The number of sulfone groups is 1. The van der Waals surface area contributed by atoms with E-state index in [1.165, 1.54) is 7.05 Å². The van der Waals surface area contributed by atoms with Crippen molar-refractivity contribution in [3.05, 3.63) is 52.2 Å². The van der Waals surface area contributed by atoms with Crippen molar-refractivity contribution in [2.24, 2.45) is 0 Å². The maximum atomic E-state index is 14.4. The predicted octanol–water partition coefficient (Wildman–Crippen LogP) is 5.56. The molecule has 0 spiro atoms. The zero-order valence-electron chi connectivity index (χ0n) is 22.0. The Balaban J connectivity index is 1.61. The predicted molar refractivity (Wildman–Crippen MR) is 149 cm³/mol. The second-order valence-corrected chi connectivity index (χ2v) is 12.7. The summed E-state index contributed by atoms with van der Waals surface area (Å²) in [4.78, 5) is 12.0. The molecule has 1 saturated heterocycles. The minimum atomic E-state index is -4.53. The molecule has 1 aromatic heterocycles. The van der Waals surface area contributed by atoms with E-state index >= 15 is 0 Å². The highest BCUT2D eigenvalue weighted by Gasteiger charge is 2.31. The van der Waals surface area contributed by atoms with Gasteiger partial charge in [-0.1, -0.05) is 24.0 Å². The number of hydrogen-bond donors (Lipinski definition) is 3. The van der Waals surface area contributed by atoms with Crippen LogP contribution in [0.25, 0.3) is 10.1 Å². The van der Waals surface area contributed by atoms with Crippen LogP contribution < -0.4 is 20.7 Å². The summed E-state index contributed by atoms with van der Waals surface area (Å²) >= 11 is 1.04. The lowest BCUT2D eigenvalue weighted by Gasteiger charge is -2.24. The smallest absolute Gasteiger partial charge is 0.393 e. The van der Waals surface area contributed by atoms with E-state index in [-0.39, 0.29) is 40.2 Å². The zero-order valence-corrected chi connectivity index (χ0v) is 23.6. The van der Waals surface area contributed by atoms with Crippen molar-refractivity contribution in [1.82, 2.24) is 5.32 Å². The second-order valence-electron chi connectivity index (χ2n) is 9.40. The summed E-state index contributed by atoms with van der Waals surface area (Å²) < 4.78 is 109. The van der Waals surface area contributed by atoms with Gasteiger partial charge in [-0.25, -0.2) is 12.8 Å². The first-order chi connectivity index (χ1) is 19.8. The lowest BCUT2D eigenvalue weighted by Crippen LogP contribution is -2.32. The van der Waals surface area contributed by atoms with Crippen molar-refractivity contribution in [1.29, 1.82) is 0 Å². The Kier molecular flexibility index (Phi) is 9.47. The first-order valence-electron chi connectivity index (χ1n) is 12.6. The Hall–Kier alpha value is -3.64. The zero-order chi connectivity index (χ0) is 30.7. The Morgan fingerprint density at radius 1 is 1.17 bits per heavy atom. The molecule has 1 fully saturated rings. The summed E-state index contributed by atoms with van der Waals surface area (Å²) in [5, 5.41) is 8.40. The third-order valence-electron chi connectivity index (χ3n) is 6.44. The molecule has 0 bridgehead atoms. The number of rotatable bonds is 8. The van der Waals surface area contributed by atoms with Crippen LogP contribution in [0.5, 0.6) is 5.75 Å². The molecule has 0 atom stereocenters. The van der Waals surface area contributed by atoms with Crippen LogP contribution in [-0.4, -0.2) is 58.3 Å². The van der Waals surface area contributed by atoms with E-state index in [9.17, 15) is 39.6 Å². The van der Waals surface area contributed by atoms with E-state index in [1.807, 2.05) is 0 Å². The van der Waals surface area contributed by atoms with Crippen LogP contribution in [0.2, 0.25) is 0 Å². The molecule has 0 aliphatic carbocycles. The van der Waals surface area contributed by atoms with Crippen LogP contribution >= 0.6 is 11.3 Å². The normalized spacial score (nSPS) is 15.2. The Morgan fingerprint density at radius 3 is 2.52 bits per heavy atom. The van der Waals surface area contributed by atoms with Gasteiger partial charge in [-0.3, -0.25) is 4.79 Å². The van der Waals surface area contributed by atoms with E-state index in [2.05, 4.69) is 32.5 Å². The topological polar surface area (TPSA) is 96.5 Å². The summed E-state index contributed by atoms with van der Waals surface area (Å²) in [6, 6.07) is 6.30. The fourth-order valence-corrected chi connectivity index (χ4v) is 7.14. The number of hydrogen-bond acceptors (Lipinski definition) is 7. The molecule has 0 saturated carbocycles. The molecule has 4 rings (SSSR count). The summed E-state index contributed by atoms with van der Waals surface area (Å²) in [7, 11) is -1.86. The van der Waals surface area contributed by atoms with Gasteiger partial charge in [0.05, 0.1) is 51.0 Å². The molecule has 7 nitrogen and oxygen atoms in total. The lowest BCUT2D eigenvalue weighted by atomic mass is 10.1. The van der Waals surface area contributed by atoms with Crippen molar-refractivity contribution in [3.63, 3.8) is 0 Å². The first-order valence-corrected chi connectivity index (χ1v) is 15.2. The van der Waals surface area contributed by atoms with Gasteiger partial charge in [0, 0.05) is 19.2 Å². The van der Waals surface area contributed by atoms with Gasteiger partial charge in [-0.15, -0.1) is 11.3 Å². The standard InChI is InChI=1S/C27H25F6N3O4S2/c1-34-25(37)17-12-22(40-26(29)30)21(13-19(17)28)35-9-3-6-23-18(14-27(31,32)33)16-4-2-5-20(24(16)41-23)36-15-7-10-42(38,39)11-8-15/h2,4-5,12-13,15,26,35-36H,7-11,14H2,1H3,(H,34,37). The number of thiophene rings is 1. The van der Waals surface area contributed by atoms with Gasteiger partial charge in [-0.05, 0) is 35.9 Å². The molecule has 1 aliphatic heterocycles. The fraction of sp³-hybridized carbons (Fsp3) is 0.370. The number of anilines is 2. The molecule has 42 heavy (non-hydrogen) atoms. The minimum absolute atomic E-state index is 0.0244. The molecule has 15 heteroatoms. The maximum absolute atomic E-state index is 14.4. The molecule has 226 valence electrons. The summed E-state index contributed by atoms with van der Waals surface area (Å²) in [6.45, 7) is -3.55. The highest BCUT2D eigenvalue weighted by atomic mass is 32.2. The molecule has 0 radical (unpaired) electrons. The molecule has 2 heterocycles. The van der Waals surface area contributed by atoms with E-state index in [4.69, 9.17) is 0 Å². The number of carbonyl (C=O) groups is 1. The lowest BCUT2D eigenvalue weighted by molar-refractivity contribution is -0.127. The van der Waals surface area contributed by atoms with Crippen LogP contribution in [0, 0.1) is 17.7 Å². The van der Waals surface area contributed by atoms with Crippen molar-refractivity contribution in [2.75, 3.05) is 35.7 Å². The van der Waals surface area contributed by atoms with Crippen LogP contribution in [0.1, 0.15) is 33.6 Å². The van der Waals surface area contributed by atoms with E-state index in [0.717, 1.165) is 23.5 Å². The monoisotopic (exact) mass is 633 g/mol. The van der Waals surface area contributed by atoms with Gasteiger partial charge < -0.3 is 20.7 Å². The van der Waals surface area contributed by atoms with Crippen LogP contribution in [0.15, 0.2) is 30.3 Å². The van der Waals surface area contributed by atoms with Crippen molar-refractivity contribution >= 4 is 48.5 Å². The highest BCUT2D eigenvalue weighted by Crippen LogP contribution is 2.39. The number of nitrogens with one attached hydrogen (secondary N) is 3. The molecule has 1 aliphatic rings. The molecular weight excluding hydrogens is 608 g/mol. The number of halogens is 6. The third-order valence-corrected chi connectivity index (χ3v) is 9.35. The minimum Gasteiger partial charge on any atom is -0.433 e. The SMILES string of the molecule is CNC(=O)c1cc(OC(F)F)c(NCC#Cc2sc3c(NC4CCS(=O)(=O)CC4)cccc3c2CC(F)(F)F)cc1F. The van der Waals surface area contributed by atoms with E-state index in [1.54, 1.807) is 18.2 Å². The summed E-state index contributed by atoms with van der Waals surface area (Å²) in [5.41, 5.74) is -0.224. The van der Waals surface area contributed by atoms with Gasteiger partial charge >= 0.3 is 12.8 Å². The van der Waals surface area contributed by atoms with Gasteiger partial charge in [-0.2, -0.15) is 22.0 Å². The molecule has 1 amide bonds. The second kappa shape index (κ2) is 12.7. The van der Waals surface area contributed by atoms with Crippen molar-refractivity contribution in [3.8, 4) is 17.6 Å². The fourth-order valence-electron chi connectivity index (χ4n) is 4.47. The number of alkyl halides is 5. The van der Waals surface area contributed by atoms with Gasteiger partial charge in [0.1, 0.15) is 21.4 Å². The largest absolute Gasteiger partial charge is 0.433 e. The average Bonchev–Trinajstić information content (AvgIpc) is 3.25. The molecule has 3 N–H and O–H groups in total. The van der Waals surface area contributed by atoms with Crippen molar-refractivity contribution in [2.45, 2.75) is 38.1 Å². The molecular formula is C27H25F6N3O4S2. The molecule has 0 unspecified atom stereocenters. The molecule has 3 aromatic rings. The number of ether oxygens (including phenoxy) is 1. The Labute approximate surface area is 241 Å². The van der Waals surface area contributed by atoms with E-state index < -0.39 is 52.1 Å². The average molecular weight is 634 g/mol. The van der Waals surface area contributed by atoms with Crippen LogP contribution in [0.4, 0.5) is 37.7 Å². The van der Waals surface area contributed by atoms with Crippen molar-refractivity contribution < 1.29 is 44.3 Å². The maximum Gasteiger partial charge on any atom is 0.393 e. The quantitative estimate of drug-likeness (QED) is 0.222. The summed E-state index contributed by atoms with van der Waals surface area (Å²) in [5.74, 6) is 3.01. The third kappa shape index (κ3) is 7.80. The first kappa shape index (κ1) is 31.3. The van der Waals surface area contributed by atoms with Gasteiger partial charge in [0.15, 0.2) is 0 Å². The number of benzene rings is 2. The highest BCUT2D eigenvalue weighted by molar-refractivity contribution is 7.91. The van der Waals surface area contributed by atoms with Gasteiger partial charge in [0.25, 0.3) is 5.91 Å². The van der Waals surface area contributed by atoms with Gasteiger partial charge in [0.2, 0.25) is 0 Å². The van der Waals surface area contributed by atoms with Crippen LogP contribution in [-0.2, 0) is 16.3 Å². The summed E-state index contributed by atoms with van der Waals surface area (Å²) in [6.07, 6.45) is -5.02. The number of fused-ring (bicyclic) bond motifs is 1. The van der Waals surface area contributed by atoms with Crippen LogP contribution in [0.3, 0.4) is 0 Å². The van der Waals surface area contributed by atoms with E-state index in [0.29, 0.717) is 28.6 Å². The Bertz CT molecular complexity index is 1630. The molecule has 2 aromatic carbocycles. The Morgan fingerprint density at radius 2 is 1.88 bits per heavy atom.